The molecule has 0 radical (unpaired) electrons. The molecule has 3 aromatic heterocycles. The van der Waals surface area contributed by atoms with Crippen molar-refractivity contribution in [1.29, 1.82) is 0 Å². The van der Waals surface area contributed by atoms with Crippen LogP contribution in [0.15, 0.2) is 30.9 Å². The normalized spacial score (nSPS) is 11.5. The van der Waals surface area contributed by atoms with Crippen molar-refractivity contribution in [3.63, 3.8) is 0 Å². The first-order chi connectivity index (χ1) is 11.7. The highest BCUT2D eigenvalue weighted by Crippen LogP contribution is 2.14. The lowest BCUT2D eigenvalue weighted by Gasteiger charge is -2.14. The highest BCUT2D eigenvalue weighted by Gasteiger charge is 2.17. The molecule has 0 spiro atoms. The third kappa shape index (κ3) is 4.27. The zero-order valence-corrected chi connectivity index (χ0v) is 14.8. The molecule has 3 rings (SSSR count). The molecule has 0 amide bonds. The van der Waals surface area contributed by atoms with Crippen LogP contribution in [0.3, 0.4) is 0 Å². The predicted octanol–water partition coefficient (Wildman–Crippen LogP) is 2.06. The van der Waals surface area contributed by atoms with Crippen molar-refractivity contribution in [3.05, 3.63) is 53.9 Å². The van der Waals surface area contributed by atoms with E-state index in [4.69, 9.17) is 0 Å². The Balaban J connectivity index is 1.42. The van der Waals surface area contributed by atoms with E-state index in [-0.39, 0.29) is 6.04 Å². The van der Waals surface area contributed by atoms with Crippen LogP contribution in [0, 0.1) is 13.8 Å². The summed E-state index contributed by atoms with van der Waals surface area (Å²) in [6, 6.07) is 2.08. The summed E-state index contributed by atoms with van der Waals surface area (Å²) >= 11 is 1.92. The molecule has 8 heteroatoms. The van der Waals surface area contributed by atoms with E-state index in [2.05, 4.69) is 48.0 Å². The minimum absolute atomic E-state index is 0.0355. The monoisotopic (exact) mass is 345 g/mol. The number of H-pyrrole nitrogens is 2. The summed E-state index contributed by atoms with van der Waals surface area (Å²) in [5.74, 6) is 3.82. The molecule has 128 valence electrons. The molecule has 0 bridgehead atoms. The Morgan fingerprint density at radius 1 is 1.12 bits per heavy atom. The lowest BCUT2D eigenvalue weighted by molar-refractivity contribution is 0.580. The Hall–Kier alpha value is -2.06. The summed E-state index contributed by atoms with van der Waals surface area (Å²) in [6.45, 7) is 5.96. The van der Waals surface area contributed by atoms with E-state index < -0.39 is 0 Å². The lowest BCUT2D eigenvalue weighted by Crippen LogP contribution is -2.26. The van der Waals surface area contributed by atoms with Crippen LogP contribution < -0.4 is 5.32 Å². The number of nitrogens with one attached hydrogen (secondary N) is 3. The zero-order chi connectivity index (χ0) is 16.8. The maximum absolute atomic E-state index is 4.49. The van der Waals surface area contributed by atoms with Crippen LogP contribution in [0.5, 0.6) is 0 Å². The van der Waals surface area contributed by atoms with Gasteiger partial charge in [0.25, 0.3) is 0 Å². The highest BCUT2D eigenvalue weighted by molar-refractivity contribution is 7.99. The van der Waals surface area contributed by atoms with E-state index in [1.165, 1.54) is 5.69 Å². The molecule has 7 nitrogen and oxygen atoms in total. The number of thioether (sulfide) groups is 1. The van der Waals surface area contributed by atoms with E-state index in [1.807, 2.05) is 31.1 Å². The van der Waals surface area contributed by atoms with Gasteiger partial charge in [-0.1, -0.05) is 0 Å². The molecule has 0 aliphatic carbocycles. The van der Waals surface area contributed by atoms with Crippen LogP contribution in [0.25, 0.3) is 0 Å². The average molecular weight is 345 g/mol. The molecule has 0 aliphatic heterocycles. The van der Waals surface area contributed by atoms with E-state index >= 15 is 0 Å². The van der Waals surface area contributed by atoms with Gasteiger partial charge in [0.15, 0.2) is 0 Å². The largest absolute Gasteiger partial charge is 0.347 e. The van der Waals surface area contributed by atoms with Crippen molar-refractivity contribution in [2.45, 2.75) is 26.4 Å². The molecule has 3 aromatic rings. The van der Waals surface area contributed by atoms with E-state index in [1.54, 1.807) is 12.4 Å². The number of hydrogen-bond acceptors (Lipinski definition) is 5. The first kappa shape index (κ1) is 16.8. The summed E-state index contributed by atoms with van der Waals surface area (Å²) < 4.78 is 2.07. The first-order valence-corrected chi connectivity index (χ1v) is 9.20. The molecule has 3 N–H and O–H groups in total. The van der Waals surface area contributed by atoms with Crippen molar-refractivity contribution in [1.82, 2.24) is 35.0 Å². The number of aryl methyl sites for hydroxylation is 3. The predicted molar refractivity (Wildman–Crippen MR) is 96.0 cm³/mol. The summed E-state index contributed by atoms with van der Waals surface area (Å²) in [5.41, 5.74) is 2.31. The number of imidazole rings is 2. The maximum Gasteiger partial charge on any atom is 0.131 e. The van der Waals surface area contributed by atoms with Gasteiger partial charge in [-0.15, -0.1) is 0 Å². The smallest absolute Gasteiger partial charge is 0.131 e. The Labute approximate surface area is 145 Å². The number of rotatable bonds is 9. The van der Waals surface area contributed by atoms with Crippen LogP contribution in [-0.4, -0.2) is 47.8 Å². The maximum atomic E-state index is 4.49. The number of nitrogens with zero attached hydrogens (tertiary/aromatic N) is 4. The molecule has 0 unspecified atom stereocenters. The molecule has 0 aromatic carbocycles. The van der Waals surface area contributed by atoms with Gasteiger partial charge in [0.05, 0.1) is 12.2 Å². The minimum Gasteiger partial charge on any atom is -0.347 e. The molecule has 3 heterocycles. The molecule has 0 aliphatic rings. The molecular formula is C16H23N7S. The molecule has 0 saturated carbocycles. The van der Waals surface area contributed by atoms with Gasteiger partial charge in [-0.3, -0.25) is 4.68 Å². The second kappa shape index (κ2) is 8.16. The van der Waals surface area contributed by atoms with Gasteiger partial charge in [-0.05, 0) is 19.9 Å². The molecular weight excluding hydrogens is 322 g/mol. The summed E-state index contributed by atoms with van der Waals surface area (Å²) in [5, 5.41) is 7.99. The van der Waals surface area contributed by atoms with Gasteiger partial charge >= 0.3 is 0 Å². The van der Waals surface area contributed by atoms with E-state index in [0.717, 1.165) is 41.9 Å². The van der Waals surface area contributed by atoms with Crippen molar-refractivity contribution in [2.75, 3.05) is 18.1 Å². The number of hydrogen-bond donors (Lipinski definition) is 3. The van der Waals surface area contributed by atoms with Crippen LogP contribution in [-0.2, 0) is 6.54 Å². The van der Waals surface area contributed by atoms with Crippen LogP contribution >= 0.6 is 11.8 Å². The summed E-state index contributed by atoms with van der Waals surface area (Å²) in [4.78, 5) is 15.0. The quantitative estimate of drug-likeness (QED) is 0.517. The Kier molecular flexibility index (Phi) is 5.71. The fourth-order valence-corrected chi connectivity index (χ4v) is 3.39. The SMILES string of the molecule is Cc1cc(C)n(CCSCCNC(c2ncc[nH]2)c2ncc[nH]2)n1. The van der Waals surface area contributed by atoms with Gasteiger partial charge in [0.2, 0.25) is 0 Å². The second-order valence-corrected chi connectivity index (χ2v) is 6.82. The summed E-state index contributed by atoms with van der Waals surface area (Å²) in [6.07, 6.45) is 7.18. The van der Waals surface area contributed by atoms with Crippen molar-refractivity contribution in [3.8, 4) is 0 Å². The fraction of sp³-hybridized carbons (Fsp3) is 0.438. The first-order valence-electron chi connectivity index (χ1n) is 8.05. The van der Waals surface area contributed by atoms with Crippen LogP contribution in [0.4, 0.5) is 0 Å². The third-order valence-corrected chi connectivity index (χ3v) is 4.70. The van der Waals surface area contributed by atoms with Gasteiger partial charge < -0.3 is 15.3 Å². The van der Waals surface area contributed by atoms with Crippen LogP contribution in [0.1, 0.15) is 29.1 Å². The Bertz CT molecular complexity index is 684. The van der Waals surface area contributed by atoms with E-state index in [9.17, 15) is 0 Å². The number of aromatic amines is 2. The molecule has 24 heavy (non-hydrogen) atoms. The zero-order valence-electron chi connectivity index (χ0n) is 14.0. The van der Waals surface area contributed by atoms with Crippen molar-refractivity contribution in [2.24, 2.45) is 0 Å². The highest BCUT2D eigenvalue weighted by atomic mass is 32.2. The minimum atomic E-state index is -0.0355. The van der Waals surface area contributed by atoms with Gasteiger partial charge in [-0.2, -0.15) is 16.9 Å². The molecule has 0 saturated heterocycles. The van der Waals surface area contributed by atoms with Crippen LogP contribution in [0.2, 0.25) is 0 Å². The third-order valence-electron chi connectivity index (χ3n) is 3.73. The second-order valence-electron chi connectivity index (χ2n) is 5.60. The molecule has 0 atom stereocenters. The van der Waals surface area contributed by atoms with Gasteiger partial charge in [-0.25, -0.2) is 9.97 Å². The van der Waals surface area contributed by atoms with Crippen molar-refractivity contribution < 1.29 is 0 Å². The van der Waals surface area contributed by atoms with Crippen molar-refractivity contribution >= 4 is 11.8 Å². The topological polar surface area (TPSA) is 87.2 Å². The van der Waals surface area contributed by atoms with Gasteiger partial charge in [0.1, 0.15) is 17.7 Å². The lowest BCUT2D eigenvalue weighted by atomic mass is 10.2. The van der Waals surface area contributed by atoms with Gasteiger partial charge in [0, 0.05) is 48.5 Å². The summed E-state index contributed by atoms with van der Waals surface area (Å²) in [7, 11) is 0. The Morgan fingerprint density at radius 3 is 2.38 bits per heavy atom. The number of aromatic nitrogens is 6. The Morgan fingerprint density at radius 2 is 1.83 bits per heavy atom. The average Bonchev–Trinajstić information content (AvgIpc) is 3.30. The standard InChI is InChI=1S/C16H23N7S/c1-12-11-13(2)23(22-12)8-10-24-9-7-17-14(15-18-3-4-19-15)16-20-5-6-21-16/h3-6,11,14,17H,7-10H2,1-2H3,(H,18,19)(H,20,21). The van der Waals surface area contributed by atoms with E-state index in [0.29, 0.717) is 0 Å². The molecule has 0 fully saturated rings. The fourth-order valence-electron chi connectivity index (χ4n) is 2.62.